The van der Waals surface area contributed by atoms with Gasteiger partial charge in [-0.1, -0.05) is 246 Å². The van der Waals surface area contributed by atoms with E-state index in [2.05, 4.69) is 111 Å². The zero-order valence-electron chi connectivity index (χ0n) is 50.3. The monoisotopic (exact) mass is 1080 g/mol. The lowest BCUT2D eigenvalue weighted by Gasteiger charge is -2.26. The van der Waals surface area contributed by atoms with Crippen molar-refractivity contribution in [1.29, 1.82) is 0 Å². The molecule has 0 aliphatic heterocycles. The van der Waals surface area contributed by atoms with E-state index in [4.69, 9.17) is 18.9 Å². The average molecular weight is 1080 g/mol. The van der Waals surface area contributed by atoms with Crippen molar-refractivity contribution >= 4 is 17.9 Å². The number of rotatable bonds is 57. The minimum absolute atomic E-state index is 0.144. The van der Waals surface area contributed by atoms with E-state index in [1.54, 1.807) is 0 Å². The number of aliphatic carboxylic acids is 1. The first-order chi connectivity index (χ1) is 37.6. The van der Waals surface area contributed by atoms with Crippen LogP contribution in [0.2, 0.25) is 0 Å². The van der Waals surface area contributed by atoms with Crippen molar-refractivity contribution in [3.63, 3.8) is 0 Å². The Hall–Kier alpha value is -3.79. The molecule has 0 N–H and O–H groups in total. The van der Waals surface area contributed by atoms with Gasteiger partial charge in [0.05, 0.1) is 40.3 Å². The Balaban J connectivity index is 4.16. The summed E-state index contributed by atoms with van der Waals surface area (Å²) >= 11 is 0. The molecule has 0 saturated heterocycles. The highest BCUT2D eigenvalue weighted by atomic mass is 16.7. The number of ether oxygens (including phenoxy) is 4. The molecule has 0 bridgehead atoms. The molecule has 442 valence electrons. The highest BCUT2D eigenvalue weighted by molar-refractivity contribution is 5.70. The second kappa shape index (κ2) is 58.4. The van der Waals surface area contributed by atoms with Crippen LogP contribution in [0.5, 0.6) is 0 Å². The summed E-state index contributed by atoms with van der Waals surface area (Å²) in [4.78, 5) is 37.4. The lowest BCUT2D eigenvalue weighted by molar-refractivity contribution is -0.870. The quantitative estimate of drug-likeness (QED) is 0.0195. The summed E-state index contributed by atoms with van der Waals surface area (Å²) < 4.78 is 22.7. The third-order valence-corrected chi connectivity index (χ3v) is 13.3. The second-order valence-electron chi connectivity index (χ2n) is 22.0. The van der Waals surface area contributed by atoms with Gasteiger partial charge in [0.2, 0.25) is 0 Å². The number of allylic oxidation sites excluding steroid dienone is 16. The van der Waals surface area contributed by atoms with E-state index in [0.717, 1.165) is 89.9 Å². The molecule has 0 aromatic heterocycles. The summed E-state index contributed by atoms with van der Waals surface area (Å²) in [7, 11) is 5.92. The SMILES string of the molecule is CC/C=C\C/C=C\C/C=C\C/C=C\C/C=C\C/C=C\CCCCCCCCCCCCCCCCC(=O)OC(COC(=O)CCCCCCCCCCC/C=C\C/C=C\CCCCC)COC(OCC[N+](C)(C)C)C(=O)[O-]. The lowest BCUT2D eigenvalue weighted by atomic mass is 10.0. The van der Waals surface area contributed by atoms with E-state index in [-0.39, 0.29) is 38.6 Å². The fourth-order valence-corrected chi connectivity index (χ4v) is 8.51. The Bertz CT molecular complexity index is 1580. The van der Waals surface area contributed by atoms with Crippen LogP contribution < -0.4 is 5.11 Å². The van der Waals surface area contributed by atoms with Gasteiger partial charge in [0, 0.05) is 12.8 Å². The second-order valence-corrected chi connectivity index (χ2v) is 22.0. The Morgan fingerprint density at radius 1 is 0.403 bits per heavy atom. The fraction of sp³-hybridized carbons (Fsp3) is 0.721. The number of carbonyl (C=O) groups is 3. The number of hydrogen-bond donors (Lipinski definition) is 0. The molecule has 0 amide bonds. The van der Waals surface area contributed by atoms with Crippen LogP contribution >= 0.6 is 0 Å². The van der Waals surface area contributed by atoms with Crippen molar-refractivity contribution in [1.82, 2.24) is 0 Å². The van der Waals surface area contributed by atoms with E-state index in [9.17, 15) is 19.5 Å². The predicted octanol–water partition coefficient (Wildman–Crippen LogP) is 17.6. The van der Waals surface area contributed by atoms with Crippen LogP contribution in [0.4, 0.5) is 0 Å². The maximum Gasteiger partial charge on any atom is 0.306 e. The summed E-state index contributed by atoms with van der Waals surface area (Å²) in [5.41, 5.74) is 0. The molecule has 0 rings (SSSR count). The van der Waals surface area contributed by atoms with Gasteiger partial charge in [-0.15, -0.1) is 0 Å². The molecular formula is C68H117NO8. The minimum atomic E-state index is -1.63. The highest BCUT2D eigenvalue weighted by Crippen LogP contribution is 2.16. The zero-order chi connectivity index (χ0) is 56.2. The number of hydrogen-bond acceptors (Lipinski definition) is 8. The molecular weight excluding hydrogens is 959 g/mol. The van der Waals surface area contributed by atoms with Crippen molar-refractivity contribution < 1.29 is 42.9 Å². The molecule has 2 unspecified atom stereocenters. The third kappa shape index (κ3) is 59.7. The largest absolute Gasteiger partial charge is 0.545 e. The zero-order valence-corrected chi connectivity index (χ0v) is 50.3. The first-order valence-electron chi connectivity index (χ1n) is 31.4. The van der Waals surface area contributed by atoms with E-state index in [0.29, 0.717) is 17.4 Å². The highest BCUT2D eigenvalue weighted by Gasteiger charge is 2.22. The van der Waals surface area contributed by atoms with E-state index in [1.807, 2.05) is 21.1 Å². The molecule has 0 heterocycles. The predicted molar refractivity (Wildman–Crippen MR) is 324 cm³/mol. The van der Waals surface area contributed by atoms with Crippen molar-refractivity contribution in [2.24, 2.45) is 0 Å². The standard InChI is InChI=1S/C68H117NO8/c1-6-8-10-12-14-16-18-20-22-24-26-27-28-29-30-31-32-33-34-35-36-37-38-39-41-43-45-47-49-51-53-55-57-59-66(71)77-64(63-76-68(67(72)73)74-61-60-69(3,4)5)62-75-65(70)58-56-54-52-50-48-46-44-42-40-25-23-21-19-17-15-13-11-9-7-2/h8,10,14-17,20-23,26-27,29-30,32-33,64,68H,6-7,9,11-13,18-19,24-25,28,31,34-63H2,1-5H3/b10-8-,16-14-,17-15-,22-20-,23-21-,27-26-,30-29-,33-32-. The van der Waals surface area contributed by atoms with E-state index in [1.165, 1.54) is 135 Å². The maximum atomic E-state index is 12.9. The van der Waals surface area contributed by atoms with Crippen molar-refractivity contribution in [2.75, 3.05) is 47.5 Å². The normalized spacial score (nSPS) is 13.4. The molecule has 0 aromatic rings. The number of unbranched alkanes of at least 4 members (excludes halogenated alkanes) is 26. The summed E-state index contributed by atoms with van der Waals surface area (Å²) in [6.45, 7) is 4.61. The molecule has 0 saturated carbocycles. The minimum Gasteiger partial charge on any atom is -0.545 e. The molecule has 2 atom stereocenters. The molecule has 0 fully saturated rings. The van der Waals surface area contributed by atoms with Gasteiger partial charge < -0.3 is 33.3 Å². The number of nitrogens with zero attached hydrogens (tertiary/aromatic N) is 1. The van der Waals surface area contributed by atoms with E-state index < -0.39 is 24.3 Å². The molecule has 0 radical (unpaired) electrons. The lowest BCUT2D eigenvalue weighted by Crippen LogP contribution is -2.44. The number of likely N-dealkylation sites (N-methyl/N-ethyl adjacent to an activating group) is 1. The molecule has 0 aromatic carbocycles. The Morgan fingerprint density at radius 2 is 0.740 bits per heavy atom. The summed E-state index contributed by atoms with van der Waals surface area (Å²) in [6, 6.07) is 0. The van der Waals surface area contributed by atoms with Crippen molar-refractivity contribution in [2.45, 2.75) is 270 Å². The van der Waals surface area contributed by atoms with Gasteiger partial charge in [0.25, 0.3) is 0 Å². The average Bonchev–Trinajstić information content (AvgIpc) is 3.40. The van der Waals surface area contributed by atoms with Gasteiger partial charge in [-0.25, -0.2) is 0 Å². The van der Waals surface area contributed by atoms with Gasteiger partial charge >= 0.3 is 11.9 Å². The smallest absolute Gasteiger partial charge is 0.306 e. The fourth-order valence-electron chi connectivity index (χ4n) is 8.51. The molecule has 9 nitrogen and oxygen atoms in total. The number of esters is 2. The molecule has 0 aliphatic carbocycles. The number of quaternary nitrogens is 1. The van der Waals surface area contributed by atoms with Crippen LogP contribution in [-0.2, 0) is 33.3 Å². The summed E-state index contributed by atoms with van der Waals surface area (Å²) in [6.07, 6.45) is 76.0. The van der Waals surface area contributed by atoms with Crippen molar-refractivity contribution in [3.05, 3.63) is 97.2 Å². The molecule has 77 heavy (non-hydrogen) atoms. The van der Waals surface area contributed by atoms with Crippen LogP contribution in [0.25, 0.3) is 0 Å². The summed E-state index contributed by atoms with van der Waals surface area (Å²) in [5, 5.41) is 11.8. The van der Waals surface area contributed by atoms with Crippen LogP contribution in [0.1, 0.15) is 258 Å². The van der Waals surface area contributed by atoms with Gasteiger partial charge in [-0.2, -0.15) is 0 Å². The van der Waals surface area contributed by atoms with Gasteiger partial charge in [0.1, 0.15) is 13.2 Å². The number of carboxylic acid groups (broad SMARTS) is 1. The van der Waals surface area contributed by atoms with Gasteiger partial charge in [-0.05, 0) is 96.3 Å². The third-order valence-electron chi connectivity index (χ3n) is 13.3. The number of carboxylic acids is 1. The van der Waals surface area contributed by atoms with Gasteiger partial charge in [-0.3, -0.25) is 9.59 Å². The Morgan fingerprint density at radius 3 is 1.10 bits per heavy atom. The topological polar surface area (TPSA) is 111 Å². The maximum absolute atomic E-state index is 12.9. The van der Waals surface area contributed by atoms with Gasteiger partial charge in [0.15, 0.2) is 12.4 Å². The molecule has 9 heteroatoms. The van der Waals surface area contributed by atoms with Crippen LogP contribution in [-0.4, -0.2) is 82.3 Å². The van der Waals surface area contributed by atoms with Crippen LogP contribution in [0, 0.1) is 0 Å². The van der Waals surface area contributed by atoms with Crippen LogP contribution in [0.3, 0.4) is 0 Å². The summed E-state index contributed by atoms with van der Waals surface area (Å²) in [5.74, 6) is -2.29. The van der Waals surface area contributed by atoms with E-state index >= 15 is 0 Å². The number of carbonyl (C=O) groups excluding carboxylic acids is 3. The first-order valence-corrected chi connectivity index (χ1v) is 31.4. The van der Waals surface area contributed by atoms with Crippen LogP contribution in [0.15, 0.2) is 97.2 Å². The molecule has 0 spiro atoms. The van der Waals surface area contributed by atoms with Crippen molar-refractivity contribution in [3.8, 4) is 0 Å². The molecule has 0 aliphatic rings. The Kier molecular flexibility index (Phi) is 55.5. The Labute approximate surface area is 473 Å². The first kappa shape index (κ1) is 73.2.